The summed E-state index contributed by atoms with van der Waals surface area (Å²) in [6.45, 7) is 0.695. The van der Waals surface area contributed by atoms with Gasteiger partial charge in [-0.15, -0.1) is 11.8 Å². The molecule has 0 radical (unpaired) electrons. The normalized spacial score (nSPS) is 12.8. The lowest BCUT2D eigenvalue weighted by atomic mass is 10.7. The highest BCUT2D eigenvalue weighted by Gasteiger charge is 1.96. The third kappa shape index (κ3) is 3.95. The zero-order chi connectivity index (χ0) is 6.41. The van der Waals surface area contributed by atoms with Gasteiger partial charge in [-0.25, -0.2) is 0 Å². The van der Waals surface area contributed by atoms with Crippen LogP contribution in [0.25, 0.3) is 0 Å². The van der Waals surface area contributed by atoms with E-state index in [1.807, 2.05) is 6.26 Å². The van der Waals surface area contributed by atoms with Crippen LogP contribution >= 0.6 is 11.8 Å². The third-order valence-corrected chi connectivity index (χ3v) is 1.37. The standard InChI is InChI=1S/C4H9NO2S/c1-8-4(5)2-7-3-6/h3-4H,2,5H2,1H3. The number of ether oxygens (including phenoxy) is 1. The lowest BCUT2D eigenvalue weighted by molar-refractivity contribution is -0.128. The summed E-state index contributed by atoms with van der Waals surface area (Å²) in [6.07, 6.45) is 1.86. The van der Waals surface area contributed by atoms with Crippen molar-refractivity contribution in [2.75, 3.05) is 12.9 Å². The maximum Gasteiger partial charge on any atom is 0.293 e. The summed E-state index contributed by atoms with van der Waals surface area (Å²) in [5.74, 6) is 0. The van der Waals surface area contributed by atoms with E-state index in [9.17, 15) is 4.79 Å². The average Bonchev–Trinajstić information content (AvgIpc) is 1.83. The molecule has 8 heavy (non-hydrogen) atoms. The Morgan fingerprint density at radius 2 is 2.62 bits per heavy atom. The van der Waals surface area contributed by atoms with Gasteiger partial charge in [0.25, 0.3) is 6.47 Å². The first-order chi connectivity index (χ1) is 3.81. The predicted octanol–water partition coefficient (Wildman–Crippen LogP) is -0.193. The second kappa shape index (κ2) is 4.93. The van der Waals surface area contributed by atoms with E-state index in [0.29, 0.717) is 13.1 Å². The molecule has 0 saturated carbocycles. The number of carbonyl (C=O) groups is 1. The van der Waals surface area contributed by atoms with Crippen LogP contribution < -0.4 is 5.73 Å². The molecule has 0 aromatic rings. The van der Waals surface area contributed by atoms with Crippen molar-refractivity contribution in [3.05, 3.63) is 0 Å². The summed E-state index contributed by atoms with van der Waals surface area (Å²) in [5.41, 5.74) is 5.34. The number of nitrogens with two attached hydrogens (primary N) is 1. The molecule has 3 nitrogen and oxygen atoms in total. The van der Waals surface area contributed by atoms with Crippen LogP contribution in [0.5, 0.6) is 0 Å². The second-order valence-corrected chi connectivity index (χ2v) is 2.28. The molecule has 0 spiro atoms. The highest BCUT2D eigenvalue weighted by Crippen LogP contribution is 1.97. The van der Waals surface area contributed by atoms with E-state index >= 15 is 0 Å². The fourth-order valence-electron chi connectivity index (χ4n) is 0.202. The van der Waals surface area contributed by atoms with Crippen molar-refractivity contribution >= 4 is 18.2 Å². The molecule has 0 heterocycles. The van der Waals surface area contributed by atoms with Crippen molar-refractivity contribution < 1.29 is 9.53 Å². The fraction of sp³-hybridized carbons (Fsp3) is 0.750. The number of hydrogen-bond acceptors (Lipinski definition) is 4. The van der Waals surface area contributed by atoms with Crippen molar-refractivity contribution in [3.63, 3.8) is 0 Å². The number of carbonyl (C=O) groups excluding carboxylic acids is 1. The first-order valence-corrected chi connectivity index (χ1v) is 3.43. The maximum absolute atomic E-state index is 9.54. The summed E-state index contributed by atoms with van der Waals surface area (Å²) < 4.78 is 4.36. The molecule has 0 fully saturated rings. The van der Waals surface area contributed by atoms with Crippen LogP contribution in [0, 0.1) is 0 Å². The smallest absolute Gasteiger partial charge is 0.293 e. The van der Waals surface area contributed by atoms with E-state index in [-0.39, 0.29) is 5.37 Å². The largest absolute Gasteiger partial charge is 0.465 e. The van der Waals surface area contributed by atoms with E-state index in [4.69, 9.17) is 5.73 Å². The molecule has 1 unspecified atom stereocenters. The molecule has 0 amide bonds. The van der Waals surface area contributed by atoms with E-state index in [0.717, 1.165) is 0 Å². The van der Waals surface area contributed by atoms with Crippen LogP contribution in [-0.4, -0.2) is 24.7 Å². The molecule has 0 aromatic carbocycles. The Hall–Kier alpha value is -0.220. The van der Waals surface area contributed by atoms with Gasteiger partial charge < -0.3 is 10.5 Å². The molecular weight excluding hydrogens is 126 g/mol. The van der Waals surface area contributed by atoms with Crippen molar-refractivity contribution in [1.29, 1.82) is 0 Å². The minimum atomic E-state index is -0.0831. The quantitative estimate of drug-likeness (QED) is 0.428. The molecule has 0 aliphatic heterocycles. The van der Waals surface area contributed by atoms with E-state index in [1.165, 1.54) is 11.8 Å². The fourth-order valence-corrected chi connectivity index (χ4v) is 0.417. The van der Waals surface area contributed by atoms with E-state index in [1.54, 1.807) is 0 Å². The van der Waals surface area contributed by atoms with E-state index in [2.05, 4.69) is 4.74 Å². The molecule has 0 saturated heterocycles. The Bertz CT molecular complexity index is 69.1. The van der Waals surface area contributed by atoms with E-state index < -0.39 is 0 Å². The van der Waals surface area contributed by atoms with Crippen LogP contribution in [0.3, 0.4) is 0 Å². The SMILES string of the molecule is CSC(N)COC=O. The molecule has 0 bridgehead atoms. The maximum atomic E-state index is 9.54. The third-order valence-electron chi connectivity index (χ3n) is 0.631. The highest BCUT2D eigenvalue weighted by molar-refractivity contribution is 7.99. The monoisotopic (exact) mass is 135 g/mol. The van der Waals surface area contributed by atoms with Gasteiger partial charge in [0.1, 0.15) is 6.61 Å². The Morgan fingerprint density at radius 3 is 3.00 bits per heavy atom. The number of hydrogen-bond donors (Lipinski definition) is 1. The first-order valence-electron chi connectivity index (χ1n) is 2.15. The average molecular weight is 135 g/mol. The van der Waals surface area contributed by atoms with Gasteiger partial charge >= 0.3 is 0 Å². The topological polar surface area (TPSA) is 52.3 Å². The van der Waals surface area contributed by atoms with Gasteiger partial charge in [0.2, 0.25) is 0 Å². The van der Waals surface area contributed by atoms with Gasteiger partial charge in [-0.05, 0) is 6.26 Å². The summed E-state index contributed by atoms with van der Waals surface area (Å²) in [7, 11) is 0. The van der Waals surface area contributed by atoms with Gasteiger partial charge in [-0.3, -0.25) is 4.79 Å². The lowest BCUT2D eigenvalue weighted by Gasteiger charge is -2.03. The number of rotatable bonds is 4. The molecule has 48 valence electrons. The minimum absolute atomic E-state index is 0.0831. The van der Waals surface area contributed by atoms with Crippen LogP contribution in [0.4, 0.5) is 0 Å². The Balaban J connectivity index is 2.97. The molecule has 0 aliphatic carbocycles. The van der Waals surface area contributed by atoms with Crippen LogP contribution in [0.2, 0.25) is 0 Å². The molecule has 0 aliphatic rings. The van der Waals surface area contributed by atoms with Gasteiger partial charge in [0.05, 0.1) is 5.37 Å². The molecular formula is C4H9NO2S. The molecule has 2 N–H and O–H groups in total. The molecule has 1 atom stereocenters. The Kier molecular flexibility index (Phi) is 4.79. The highest BCUT2D eigenvalue weighted by atomic mass is 32.2. The van der Waals surface area contributed by atoms with Gasteiger partial charge in [-0.2, -0.15) is 0 Å². The second-order valence-electron chi connectivity index (χ2n) is 1.20. The van der Waals surface area contributed by atoms with Crippen LogP contribution in [-0.2, 0) is 9.53 Å². The summed E-state index contributed by atoms with van der Waals surface area (Å²) in [5, 5.41) is -0.0831. The lowest BCUT2D eigenvalue weighted by Crippen LogP contribution is -2.21. The predicted molar refractivity (Wildman–Crippen MR) is 33.5 cm³/mol. The van der Waals surface area contributed by atoms with Crippen molar-refractivity contribution in [3.8, 4) is 0 Å². The van der Waals surface area contributed by atoms with Gasteiger partial charge in [-0.1, -0.05) is 0 Å². The van der Waals surface area contributed by atoms with Crippen molar-refractivity contribution in [2.24, 2.45) is 5.73 Å². The Morgan fingerprint density at radius 1 is 2.00 bits per heavy atom. The molecule has 0 aromatic heterocycles. The molecule has 0 rings (SSSR count). The first kappa shape index (κ1) is 7.78. The zero-order valence-corrected chi connectivity index (χ0v) is 5.48. The van der Waals surface area contributed by atoms with Crippen LogP contribution in [0.15, 0.2) is 0 Å². The minimum Gasteiger partial charge on any atom is -0.465 e. The summed E-state index contributed by atoms with van der Waals surface area (Å²) >= 11 is 1.46. The van der Waals surface area contributed by atoms with Gasteiger partial charge in [0, 0.05) is 0 Å². The van der Waals surface area contributed by atoms with Gasteiger partial charge in [0.15, 0.2) is 0 Å². The molecule has 4 heteroatoms. The van der Waals surface area contributed by atoms with Crippen molar-refractivity contribution in [2.45, 2.75) is 5.37 Å². The van der Waals surface area contributed by atoms with Crippen LogP contribution in [0.1, 0.15) is 0 Å². The summed E-state index contributed by atoms with van der Waals surface area (Å²) in [6, 6.07) is 0. The van der Waals surface area contributed by atoms with Crippen molar-refractivity contribution in [1.82, 2.24) is 0 Å². The number of thioether (sulfide) groups is 1. The zero-order valence-electron chi connectivity index (χ0n) is 4.66. The summed E-state index contributed by atoms with van der Waals surface area (Å²) in [4.78, 5) is 9.54. The Labute approximate surface area is 52.6 Å².